The van der Waals surface area contributed by atoms with Gasteiger partial charge in [-0.15, -0.1) is 0 Å². The number of aromatic nitrogens is 1. The van der Waals surface area contributed by atoms with E-state index in [0.717, 1.165) is 0 Å². The number of carbonyl (C=O) groups excluding carboxylic acids is 1. The largest absolute Gasteiger partial charge is 0.464 e. The molecule has 1 heterocycles. The maximum atomic E-state index is 12.0. The maximum absolute atomic E-state index is 12.0. The van der Waals surface area contributed by atoms with Crippen LogP contribution in [0.15, 0.2) is 36.4 Å². The average Bonchev–Trinajstić information content (AvgIpc) is 2.70. The third-order valence-corrected chi connectivity index (χ3v) is 6.49. The summed E-state index contributed by atoms with van der Waals surface area (Å²) in [7, 11) is 1.26. The minimum Gasteiger partial charge on any atom is -0.464 e. The summed E-state index contributed by atoms with van der Waals surface area (Å²) in [6, 6.07) is 9.71. The van der Waals surface area contributed by atoms with Gasteiger partial charge in [-0.05, 0) is 30.3 Å². The van der Waals surface area contributed by atoms with Crippen LogP contribution < -0.4 is 0 Å². The molecular weight excluding hydrogens is 487 g/mol. The Morgan fingerprint density at radius 1 is 0.714 bits per heavy atom. The summed E-state index contributed by atoms with van der Waals surface area (Å²) in [6.45, 7) is 0. The third-order valence-electron chi connectivity index (χ3n) is 3.91. The molecule has 0 aliphatic carbocycles. The number of halogens is 6. The number of hydrogen-bond donors (Lipinski definition) is 0. The van der Waals surface area contributed by atoms with E-state index >= 15 is 0 Å². The molecule has 0 amide bonds. The molecule has 0 radical (unpaired) electrons. The van der Waals surface area contributed by atoms with Crippen molar-refractivity contribution in [3.05, 3.63) is 72.2 Å². The second kappa shape index (κ2) is 8.66. The Balaban J connectivity index is 2.35. The number of nitrogens with zero attached hydrogens (tertiary/aromatic N) is 1. The fourth-order valence-corrected chi connectivity index (χ4v) is 3.80. The van der Waals surface area contributed by atoms with E-state index in [9.17, 15) is 4.79 Å². The van der Waals surface area contributed by atoms with Crippen LogP contribution in [0.4, 0.5) is 0 Å². The number of hydrogen-bond acceptors (Lipinski definition) is 3. The molecule has 0 saturated carbocycles. The van der Waals surface area contributed by atoms with Crippen molar-refractivity contribution in [3.8, 4) is 22.4 Å². The van der Waals surface area contributed by atoms with Crippen LogP contribution in [-0.2, 0) is 4.74 Å². The van der Waals surface area contributed by atoms with Gasteiger partial charge in [-0.1, -0.05) is 75.7 Å². The molecule has 2 aromatic carbocycles. The minimum absolute atomic E-state index is 0.0829. The van der Waals surface area contributed by atoms with Gasteiger partial charge in [-0.25, -0.2) is 9.78 Å². The Morgan fingerprint density at radius 2 is 1.21 bits per heavy atom. The zero-order valence-electron chi connectivity index (χ0n) is 14.0. The predicted octanol–water partition coefficient (Wildman–Crippen LogP) is 8.12. The molecule has 3 rings (SSSR count). The van der Waals surface area contributed by atoms with E-state index in [1.807, 2.05) is 0 Å². The van der Waals surface area contributed by atoms with E-state index in [4.69, 9.17) is 74.3 Å². The number of carbonyl (C=O) groups is 1. The van der Waals surface area contributed by atoms with E-state index in [2.05, 4.69) is 4.98 Å². The molecule has 0 bridgehead atoms. The van der Waals surface area contributed by atoms with E-state index in [-0.39, 0.29) is 30.8 Å². The van der Waals surface area contributed by atoms with Crippen LogP contribution in [0.25, 0.3) is 22.4 Å². The Kier molecular flexibility index (Phi) is 6.65. The molecule has 0 aliphatic heterocycles. The molecule has 3 nitrogen and oxygen atoms in total. The number of methoxy groups -OCH3 is 1. The van der Waals surface area contributed by atoms with Gasteiger partial charge < -0.3 is 4.74 Å². The van der Waals surface area contributed by atoms with Crippen molar-refractivity contribution in [2.75, 3.05) is 7.11 Å². The fraction of sp³-hybridized carbons (Fsp3) is 0.0526. The molecule has 0 spiro atoms. The molecule has 3 aromatic rings. The third kappa shape index (κ3) is 3.93. The average molecular weight is 496 g/mol. The van der Waals surface area contributed by atoms with E-state index in [1.54, 1.807) is 30.3 Å². The summed E-state index contributed by atoms with van der Waals surface area (Å²) in [4.78, 5) is 16.4. The van der Waals surface area contributed by atoms with Gasteiger partial charge in [0.1, 0.15) is 5.69 Å². The SMILES string of the molecule is COC(=O)c1ccc(-c2ccc(Cl)c(Cl)c2Cl)c(-c2ccc(Cl)c(Cl)c2Cl)n1. The molecule has 1 aromatic heterocycles. The van der Waals surface area contributed by atoms with Crippen LogP contribution in [-0.4, -0.2) is 18.1 Å². The summed E-state index contributed by atoms with van der Waals surface area (Å²) < 4.78 is 4.76. The Bertz CT molecular complexity index is 1100. The predicted molar refractivity (Wildman–Crippen MR) is 117 cm³/mol. The molecule has 0 saturated heterocycles. The highest BCUT2D eigenvalue weighted by Crippen LogP contribution is 2.44. The number of rotatable bonds is 3. The van der Waals surface area contributed by atoms with Crippen LogP contribution in [0, 0.1) is 0 Å². The van der Waals surface area contributed by atoms with E-state index < -0.39 is 5.97 Å². The molecule has 0 unspecified atom stereocenters. The van der Waals surface area contributed by atoms with Crippen LogP contribution in [0.5, 0.6) is 0 Å². The second-order valence-corrected chi connectivity index (χ2v) is 7.86. The first-order valence-corrected chi connectivity index (χ1v) is 9.90. The topological polar surface area (TPSA) is 39.2 Å². The minimum atomic E-state index is -0.607. The summed E-state index contributed by atoms with van der Waals surface area (Å²) in [5.74, 6) is -0.607. The van der Waals surface area contributed by atoms with Gasteiger partial charge in [0.15, 0.2) is 0 Å². The number of esters is 1. The van der Waals surface area contributed by atoms with Crippen LogP contribution in [0.3, 0.4) is 0 Å². The molecule has 28 heavy (non-hydrogen) atoms. The van der Waals surface area contributed by atoms with Gasteiger partial charge in [0, 0.05) is 16.7 Å². The normalized spacial score (nSPS) is 10.8. The van der Waals surface area contributed by atoms with Crippen LogP contribution >= 0.6 is 69.6 Å². The highest BCUT2D eigenvalue weighted by molar-refractivity contribution is 6.50. The van der Waals surface area contributed by atoms with Crippen molar-refractivity contribution in [1.82, 2.24) is 4.98 Å². The van der Waals surface area contributed by atoms with Crippen molar-refractivity contribution in [2.45, 2.75) is 0 Å². The van der Waals surface area contributed by atoms with Crippen molar-refractivity contribution in [3.63, 3.8) is 0 Å². The zero-order chi connectivity index (χ0) is 20.6. The summed E-state index contributed by atoms with van der Waals surface area (Å²) in [5, 5.41) is 1.37. The smallest absolute Gasteiger partial charge is 0.356 e. The van der Waals surface area contributed by atoms with E-state index in [0.29, 0.717) is 27.4 Å². The van der Waals surface area contributed by atoms with Gasteiger partial charge in [0.05, 0.1) is 42.9 Å². The number of ether oxygens (including phenoxy) is 1. The van der Waals surface area contributed by atoms with Crippen molar-refractivity contribution >= 4 is 75.6 Å². The van der Waals surface area contributed by atoms with Gasteiger partial charge in [-0.2, -0.15) is 0 Å². The first-order valence-electron chi connectivity index (χ1n) is 7.63. The summed E-state index contributed by atoms with van der Waals surface area (Å²) >= 11 is 37.3. The second-order valence-electron chi connectivity index (χ2n) is 5.53. The lowest BCUT2D eigenvalue weighted by Gasteiger charge is -2.15. The number of benzene rings is 2. The van der Waals surface area contributed by atoms with Gasteiger partial charge in [0.25, 0.3) is 0 Å². The Labute approximate surface area is 191 Å². The van der Waals surface area contributed by atoms with Gasteiger partial charge >= 0.3 is 5.97 Å². The summed E-state index contributed by atoms with van der Waals surface area (Å²) in [5.41, 5.74) is 2.01. The molecular formula is C19H9Cl6NO2. The van der Waals surface area contributed by atoms with Gasteiger partial charge in [-0.3, -0.25) is 0 Å². The van der Waals surface area contributed by atoms with Crippen LogP contribution in [0.2, 0.25) is 30.1 Å². The van der Waals surface area contributed by atoms with Crippen LogP contribution in [0.1, 0.15) is 10.5 Å². The lowest BCUT2D eigenvalue weighted by atomic mass is 9.98. The van der Waals surface area contributed by atoms with Gasteiger partial charge in [0.2, 0.25) is 0 Å². The first-order chi connectivity index (χ1) is 13.3. The quantitative estimate of drug-likeness (QED) is 0.272. The monoisotopic (exact) mass is 493 g/mol. The Hall–Kier alpha value is -1.20. The standard InChI is InChI=1S/C19H9Cl6NO2/c1-28-19(27)13-7-4-9(8-2-5-11(20)16(24)14(8)22)18(26-13)10-3-6-12(21)17(25)15(10)23/h2-7H,1H3. The lowest BCUT2D eigenvalue weighted by molar-refractivity contribution is 0.0594. The molecule has 144 valence electrons. The van der Waals surface area contributed by atoms with Crippen molar-refractivity contribution < 1.29 is 9.53 Å². The molecule has 0 atom stereocenters. The van der Waals surface area contributed by atoms with Crippen molar-refractivity contribution in [1.29, 1.82) is 0 Å². The highest BCUT2D eigenvalue weighted by Gasteiger charge is 2.21. The lowest BCUT2D eigenvalue weighted by Crippen LogP contribution is -2.06. The molecule has 0 N–H and O–H groups in total. The Morgan fingerprint density at radius 3 is 1.79 bits per heavy atom. The first kappa shape index (κ1) is 21.5. The molecule has 0 fully saturated rings. The number of pyridine rings is 1. The highest BCUT2D eigenvalue weighted by atomic mass is 35.5. The molecule has 0 aliphatic rings. The maximum Gasteiger partial charge on any atom is 0.356 e. The summed E-state index contributed by atoms with van der Waals surface area (Å²) in [6.07, 6.45) is 0. The zero-order valence-corrected chi connectivity index (χ0v) is 18.5. The fourth-order valence-electron chi connectivity index (χ4n) is 2.54. The molecule has 9 heteroatoms. The van der Waals surface area contributed by atoms with E-state index in [1.165, 1.54) is 13.2 Å². The van der Waals surface area contributed by atoms with Crippen molar-refractivity contribution in [2.24, 2.45) is 0 Å².